The molecule has 0 aromatic heterocycles. The Kier molecular flexibility index (Phi) is 4.53. The highest BCUT2D eigenvalue weighted by atomic mass is 16.3. The van der Waals surface area contributed by atoms with E-state index in [9.17, 15) is 5.11 Å². The van der Waals surface area contributed by atoms with Crippen molar-refractivity contribution < 1.29 is 10.2 Å². The van der Waals surface area contributed by atoms with Crippen LogP contribution in [0, 0.1) is 0 Å². The zero-order valence-corrected chi connectivity index (χ0v) is 7.41. The molecule has 4 nitrogen and oxygen atoms in total. The highest BCUT2D eigenvalue weighted by Crippen LogP contribution is 2.00. The number of piperazine rings is 1. The molecule has 0 atom stereocenters. The fraction of sp³-hybridized carbons (Fsp3) is 1.00. The van der Waals surface area contributed by atoms with Crippen LogP contribution >= 0.6 is 0 Å². The molecule has 0 aromatic rings. The zero-order chi connectivity index (χ0) is 8.81. The molecule has 1 aliphatic heterocycles. The van der Waals surface area contributed by atoms with Crippen LogP contribution in [0.15, 0.2) is 0 Å². The molecule has 1 N–H and O–H groups in total. The lowest BCUT2D eigenvalue weighted by Gasteiger charge is -2.33. The summed E-state index contributed by atoms with van der Waals surface area (Å²) in [6, 6.07) is 0. The lowest BCUT2D eigenvalue weighted by atomic mass is 10.3. The quantitative estimate of drug-likeness (QED) is 0.616. The molecule has 71 valence electrons. The second kappa shape index (κ2) is 5.48. The van der Waals surface area contributed by atoms with E-state index < -0.39 is 0 Å². The lowest BCUT2D eigenvalue weighted by molar-refractivity contribution is 0.0505. The standard InChI is InChI=1S/C8H17N2O2/c11-7-1-2-9-3-5-10(8-12)6-4-9/h12H,1-8H2. The van der Waals surface area contributed by atoms with E-state index in [4.69, 9.17) is 5.11 Å². The van der Waals surface area contributed by atoms with Crippen molar-refractivity contribution in [3.05, 3.63) is 0 Å². The van der Waals surface area contributed by atoms with E-state index in [2.05, 4.69) is 4.90 Å². The predicted molar refractivity (Wildman–Crippen MR) is 45.3 cm³/mol. The average Bonchev–Trinajstić information content (AvgIpc) is 2.15. The van der Waals surface area contributed by atoms with Gasteiger partial charge in [-0.1, -0.05) is 0 Å². The number of hydrogen-bond donors (Lipinski definition) is 1. The third-order valence-corrected chi connectivity index (χ3v) is 2.28. The molecule has 0 aliphatic carbocycles. The van der Waals surface area contributed by atoms with E-state index in [0.717, 1.165) is 39.1 Å². The van der Waals surface area contributed by atoms with Crippen molar-refractivity contribution in [2.45, 2.75) is 6.42 Å². The first kappa shape index (κ1) is 9.92. The zero-order valence-electron chi connectivity index (χ0n) is 7.41. The molecule has 0 aromatic carbocycles. The van der Waals surface area contributed by atoms with Crippen LogP contribution in [0.3, 0.4) is 0 Å². The second-order valence-corrected chi connectivity index (χ2v) is 3.16. The molecule has 0 bridgehead atoms. The summed E-state index contributed by atoms with van der Waals surface area (Å²) in [6.45, 7) is 4.93. The molecular weight excluding hydrogens is 156 g/mol. The van der Waals surface area contributed by atoms with Gasteiger partial charge in [-0.15, -0.1) is 0 Å². The first-order valence-electron chi connectivity index (χ1n) is 4.50. The van der Waals surface area contributed by atoms with E-state index in [1.54, 1.807) is 0 Å². The molecule has 1 saturated heterocycles. The van der Waals surface area contributed by atoms with Gasteiger partial charge in [-0.3, -0.25) is 4.90 Å². The normalized spacial score (nSPS) is 21.5. The van der Waals surface area contributed by atoms with Gasteiger partial charge in [0.1, 0.15) is 0 Å². The molecule has 1 heterocycles. The van der Waals surface area contributed by atoms with Crippen LogP contribution in [0.4, 0.5) is 0 Å². The van der Waals surface area contributed by atoms with Crippen LogP contribution in [-0.2, 0) is 5.11 Å². The summed E-state index contributed by atoms with van der Waals surface area (Å²) in [5.41, 5.74) is 0. The van der Waals surface area contributed by atoms with Gasteiger partial charge in [0.25, 0.3) is 0 Å². The number of hydrogen-bond acceptors (Lipinski definition) is 3. The molecule has 1 rings (SSSR count). The van der Waals surface area contributed by atoms with Gasteiger partial charge in [-0.25, -0.2) is 5.11 Å². The average molecular weight is 173 g/mol. The van der Waals surface area contributed by atoms with Gasteiger partial charge < -0.3 is 10.0 Å². The van der Waals surface area contributed by atoms with Crippen LogP contribution in [0.1, 0.15) is 6.42 Å². The second-order valence-electron chi connectivity index (χ2n) is 3.16. The van der Waals surface area contributed by atoms with Gasteiger partial charge in [0, 0.05) is 32.7 Å². The Bertz CT molecular complexity index is 114. The van der Waals surface area contributed by atoms with E-state index in [-0.39, 0.29) is 13.3 Å². The fourth-order valence-electron chi connectivity index (χ4n) is 1.44. The first-order valence-corrected chi connectivity index (χ1v) is 4.50. The number of rotatable bonds is 4. The predicted octanol–water partition coefficient (Wildman–Crippen LogP) is -0.626. The molecule has 4 heteroatoms. The van der Waals surface area contributed by atoms with E-state index in [1.807, 2.05) is 4.90 Å². The summed E-state index contributed by atoms with van der Waals surface area (Å²) in [7, 11) is 0. The van der Waals surface area contributed by atoms with Crippen molar-refractivity contribution in [1.29, 1.82) is 0 Å². The van der Waals surface area contributed by atoms with E-state index in [0.29, 0.717) is 0 Å². The molecule has 1 aliphatic rings. The first-order chi connectivity index (χ1) is 5.86. The largest absolute Gasteiger partial charge is 0.381 e. The Labute approximate surface area is 73.4 Å². The Morgan fingerprint density at radius 3 is 2.17 bits per heavy atom. The summed E-state index contributed by atoms with van der Waals surface area (Å²) in [4.78, 5) is 4.29. The molecule has 1 radical (unpaired) electrons. The minimum absolute atomic E-state index is 0.0280. The van der Waals surface area contributed by atoms with Gasteiger partial charge in [0.2, 0.25) is 0 Å². The van der Waals surface area contributed by atoms with Crippen LogP contribution in [-0.4, -0.2) is 61.0 Å². The van der Waals surface area contributed by atoms with Crippen LogP contribution < -0.4 is 0 Å². The smallest absolute Gasteiger partial charge is 0.0957 e. The van der Waals surface area contributed by atoms with Gasteiger partial charge >= 0.3 is 0 Å². The SMILES string of the molecule is [O]CCCN1CCN(CO)CC1. The fourth-order valence-corrected chi connectivity index (χ4v) is 1.44. The van der Waals surface area contributed by atoms with E-state index in [1.165, 1.54) is 0 Å². The van der Waals surface area contributed by atoms with Crippen molar-refractivity contribution in [3.63, 3.8) is 0 Å². The van der Waals surface area contributed by atoms with Gasteiger partial charge in [-0.2, -0.15) is 0 Å². The maximum absolute atomic E-state index is 10.2. The topological polar surface area (TPSA) is 46.6 Å². The van der Waals surface area contributed by atoms with Crippen LogP contribution in [0.25, 0.3) is 0 Å². The third-order valence-electron chi connectivity index (χ3n) is 2.28. The summed E-state index contributed by atoms with van der Waals surface area (Å²) < 4.78 is 0. The molecule has 0 saturated carbocycles. The minimum Gasteiger partial charge on any atom is -0.381 e. The molecule has 12 heavy (non-hydrogen) atoms. The van der Waals surface area contributed by atoms with Crippen molar-refractivity contribution in [2.75, 3.05) is 46.1 Å². The summed E-state index contributed by atoms with van der Waals surface area (Å²) >= 11 is 0. The summed E-state index contributed by atoms with van der Waals surface area (Å²) in [6.07, 6.45) is 0.749. The molecule has 0 spiro atoms. The van der Waals surface area contributed by atoms with Crippen LogP contribution in [0.5, 0.6) is 0 Å². The molecule has 1 fully saturated rings. The van der Waals surface area contributed by atoms with Crippen molar-refractivity contribution in [3.8, 4) is 0 Å². The number of aliphatic hydroxyl groups is 1. The highest BCUT2D eigenvalue weighted by Gasteiger charge is 2.14. The van der Waals surface area contributed by atoms with Crippen molar-refractivity contribution in [2.24, 2.45) is 0 Å². The minimum atomic E-state index is 0.0280. The Morgan fingerprint density at radius 1 is 1.08 bits per heavy atom. The number of nitrogens with zero attached hydrogens (tertiary/aromatic N) is 2. The third kappa shape index (κ3) is 3.06. The molecule has 0 unspecified atom stereocenters. The number of aliphatic hydroxyl groups excluding tert-OH is 1. The maximum atomic E-state index is 10.2. The lowest BCUT2D eigenvalue weighted by Crippen LogP contribution is -2.46. The Hall–Kier alpha value is -0.160. The van der Waals surface area contributed by atoms with Gasteiger partial charge in [0.15, 0.2) is 0 Å². The monoisotopic (exact) mass is 173 g/mol. The Morgan fingerprint density at radius 2 is 1.67 bits per heavy atom. The van der Waals surface area contributed by atoms with Gasteiger partial charge in [0.05, 0.1) is 13.3 Å². The van der Waals surface area contributed by atoms with E-state index >= 15 is 0 Å². The summed E-state index contributed by atoms with van der Waals surface area (Å²) in [5.74, 6) is 0. The maximum Gasteiger partial charge on any atom is 0.0957 e. The van der Waals surface area contributed by atoms with Crippen LogP contribution in [0.2, 0.25) is 0 Å². The summed E-state index contributed by atoms with van der Waals surface area (Å²) in [5, 5.41) is 19.0. The molecule has 0 amide bonds. The van der Waals surface area contributed by atoms with Crippen molar-refractivity contribution >= 4 is 0 Å². The highest BCUT2D eigenvalue weighted by molar-refractivity contribution is 4.69. The molecular formula is C8H17N2O2. The Balaban J connectivity index is 2.09. The van der Waals surface area contributed by atoms with Crippen molar-refractivity contribution in [1.82, 2.24) is 9.80 Å². The van der Waals surface area contributed by atoms with Gasteiger partial charge in [-0.05, 0) is 6.42 Å².